The van der Waals surface area contributed by atoms with E-state index in [4.69, 9.17) is 0 Å². The number of Topliss-reactive ketones (excluding diaryl/α,β-unsaturated/α-hetero) is 1. The Morgan fingerprint density at radius 2 is 1.80 bits per heavy atom. The molecule has 1 aliphatic carbocycles. The van der Waals surface area contributed by atoms with Crippen molar-refractivity contribution in [2.24, 2.45) is 17.3 Å². The maximum Gasteiger partial charge on any atom is 0.167 e. The highest BCUT2D eigenvalue weighted by Crippen LogP contribution is 2.60. The summed E-state index contributed by atoms with van der Waals surface area (Å²) in [5, 5.41) is 9.71. The van der Waals surface area contributed by atoms with Crippen LogP contribution in [0.2, 0.25) is 0 Å². The Labute approximate surface area is 92.4 Å². The van der Waals surface area contributed by atoms with Crippen LogP contribution in [0.4, 0.5) is 0 Å². The molecule has 0 unspecified atom stereocenters. The van der Waals surface area contributed by atoms with Crippen molar-refractivity contribution in [3.05, 3.63) is 11.6 Å². The Morgan fingerprint density at radius 1 is 1.33 bits per heavy atom. The van der Waals surface area contributed by atoms with Gasteiger partial charge in [-0.15, -0.1) is 0 Å². The fourth-order valence-corrected chi connectivity index (χ4v) is 2.23. The lowest BCUT2D eigenvalue weighted by molar-refractivity contribution is -0.136. The maximum absolute atomic E-state index is 12.0. The summed E-state index contributed by atoms with van der Waals surface area (Å²) in [5.74, 6) is 0.240. The zero-order valence-electron chi connectivity index (χ0n) is 10.6. The average molecular weight is 210 g/mol. The molecule has 0 aromatic carbocycles. The third kappa shape index (κ3) is 2.31. The van der Waals surface area contributed by atoms with Crippen LogP contribution in [0.1, 0.15) is 41.5 Å². The molecule has 0 bridgehead atoms. The summed E-state index contributed by atoms with van der Waals surface area (Å²) in [5.41, 5.74) is 0.0414. The second-order valence-electron chi connectivity index (χ2n) is 5.99. The number of ketones is 1. The van der Waals surface area contributed by atoms with Gasteiger partial charge < -0.3 is 5.11 Å². The molecular weight excluding hydrogens is 188 g/mol. The normalized spacial score (nSPS) is 28.5. The smallest absolute Gasteiger partial charge is 0.167 e. The van der Waals surface area contributed by atoms with Crippen LogP contribution in [-0.2, 0) is 4.79 Å². The number of carbonyl (C=O) groups is 1. The Kier molecular flexibility index (Phi) is 2.86. The molecule has 0 spiro atoms. The van der Waals surface area contributed by atoms with E-state index in [-0.39, 0.29) is 17.1 Å². The Morgan fingerprint density at radius 3 is 2.13 bits per heavy atom. The topological polar surface area (TPSA) is 37.3 Å². The van der Waals surface area contributed by atoms with Crippen LogP contribution in [-0.4, -0.2) is 16.5 Å². The first-order valence-electron chi connectivity index (χ1n) is 5.50. The molecule has 0 aromatic heterocycles. The maximum atomic E-state index is 12.0. The Bertz CT molecular complexity index is 301. The van der Waals surface area contributed by atoms with Gasteiger partial charge in [-0.2, -0.15) is 0 Å². The van der Waals surface area contributed by atoms with Crippen molar-refractivity contribution < 1.29 is 9.90 Å². The molecule has 0 radical (unpaired) electrons. The summed E-state index contributed by atoms with van der Waals surface area (Å²) in [6.07, 6.45) is 2.15. The highest BCUT2D eigenvalue weighted by Gasteiger charge is 2.62. The molecule has 1 fully saturated rings. The molecule has 0 aromatic rings. The summed E-state index contributed by atoms with van der Waals surface area (Å²) in [7, 11) is 0. The molecule has 1 N–H and O–H groups in total. The third-order valence-electron chi connectivity index (χ3n) is 3.31. The molecule has 86 valence electrons. The van der Waals surface area contributed by atoms with E-state index in [1.807, 2.05) is 13.8 Å². The molecule has 2 atom stereocenters. The lowest BCUT2D eigenvalue weighted by Crippen LogP contribution is -2.33. The first kappa shape index (κ1) is 12.4. The summed E-state index contributed by atoms with van der Waals surface area (Å²) in [4.78, 5) is 12.0. The van der Waals surface area contributed by atoms with Crippen LogP contribution in [0.5, 0.6) is 0 Å². The molecule has 1 saturated carbocycles. The fourth-order valence-electron chi connectivity index (χ4n) is 2.23. The fraction of sp³-hybridized carbons (Fsp3) is 0.769. The molecule has 0 amide bonds. The monoisotopic (exact) mass is 210 g/mol. The molecule has 0 aliphatic heterocycles. The van der Waals surface area contributed by atoms with E-state index in [1.54, 1.807) is 13.8 Å². The highest BCUT2D eigenvalue weighted by molar-refractivity contribution is 5.92. The van der Waals surface area contributed by atoms with Crippen LogP contribution in [0.15, 0.2) is 11.6 Å². The van der Waals surface area contributed by atoms with Crippen molar-refractivity contribution in [2.45, 2.75) is 47.1 Å². The largest absolute Gasteiger partial charge is 0.383 e. The molecular formula is C13H22O2. The quantitative estimate of drug-likeness (QED) is 0.727. The van der Waals surface area contributed by atoms with E-state index < -0.39 is 5.60 Å². The summed E-state index contributed by atoms with van der Waals surface area (Å²) < 4.78 is 0. The first-order chi connectivity index (χ1) is 6.58. The van der Waals surface area contributed by atoms with Gasteiger partial charge in [-0.05, 0) is 39.0 Å². The lowest BCUT2D eigenvalue weighted by Gasteiger charge is -2.16. The van der Waals surface area contributed by atoms with Gasteiger partial charge in [-0.1, -0.05) is 25.5 Å². The number of hydrogen-bond donors (Lipinski definition) is 1. The predicted molar refractivity (Wildman–Crippen MR) is 61.5 cm³/mol. The predicted octanol–water partition coefficient (Wildman–Crippen LogP) is 2.56. The second kappa shape index (κ2) is 3.44. The number of carbonyl (C=O) groups excluding carboxylic acids is 1. The van der Waals surface area contributed by atoms with Gasteiger partial charge in [0.05, 0.1) is 0 Å². The summed E-state index contributed by atoms with van der Waals surface area (Å²) in [6, 6.07) is 0. The molecule has 0 heterocycles. The number of hydrogen-bond acceptors (Lipinski definition) is 2. The zero-order valence-corrected chi connectivity index (χ0v) is 10.6. The van der Waals surface area contributed by atoms with Crippen LogP contribution in [0.3, 0.4) is 0 Å². The standard InChI is InChI=1S/C13H22O2/c1-8(2)7-9-10(12(9,3)4)11(14)13(5,6)15/h7,9-10,15H,1-6H3/t9-,10+/m0/s1. The molecule has 1 aliphatic rings. The second-order valence-corrected chi connectivity index (χ2v) is 5.99. The van der Waals surface area contributed by atoms with E-state index in [1.165, 1.54) is 5.57 Å². The number of allylic oxidation sites excluding steroid dienone is 2. The van der Waals surface area contributed by atoms with E-state index in [2.05, 4.69) is 19.9 Å². The minimum absolute atomic E-state index is 0.00829. The van der Waals surface area contributed by atoms with Crippen molar-refractivity contribution in [2.75, 3.05) is 0 Å². The van der Waals surface area contributed by atoms with Crippen molar-refractivity contribution in [3.8, 4) is 0 Å². The molecule has 2 heteroatoms. The van der Waals surface area contributed by atoms with Crippen molar-refractivity contribution in [1.82, 2.24) is 0 Å². The van der Waals surface area contributed by atoms with Crippen molar-refractivity contribution in [1.29, 1.82) is 0 Å². The number of aliphatic hydroxyl groups is 1. The number of rotatable bonds is 3. The molecule has 2 nitrogen and oxygen atoms in total. The van der Waals surface area contributed by atoms with Gasteiger partial charge in [0.15, 0.2) is 5.78 Å². The first-order valence-corrected chi connectivity index (χ1v) is 5.50. The molecule has 0 saturated heterocycles. The molecule has 1 rings (SSSR count). The van der Waals surface area contributed by atoms with Gasteiger partial charge in [-0.25, -0.2) is 0 Å². The van der Waals surface area contributed by atoms with E-state index in [9.17, 15) is 9.90 Å². The van der Waals surface area contributed by atoms with Gasteiger partial charge >= 0.3 is 0 Å². The zero-order chi connectivity index (χ0) is 12.0. The van der Waals surface area contributed by atoms with Gasteiger partial charge in [0.25, 0.3) is 0 Å². The summed E-state index contributed by atoms with van der Waals surface area (Å²) in [6.45, 7) is 11.4. The van der Waals surface area contributed by atoms with Gasteiger partial charge in [0.1, 0.15) is 5.60 Å². The van der Waals surface area contributed by atoms with Gasteiger partial charge in [-0.3, -0.25) is 4.79 Å². The van der Waals surface area contributed by atoms with Crippen LogP contribution in [0.25, 0.3) is 0 Å². The lowest BCUT2D eigenvalue weighted by atomic mass is 9.95. The SMILES string of the molecule is CC(C)=C[C@H]1[C@H](C(=O)C(C)(C)O)C1(C)C. The minimum atomic E-state index is -1.20. The Hall–Kier alpha value is -0.630. The van der Waals surface area contributed by atoms with Crippen LogP contribution < -0.4 is 0 Å². The van der Waals surface area contributed by atoms with Gasteiger partial charge in [0, 0.05) is 5.92 Å². The Balaban J connectivity index is 2.84. The van der Waals surface area contributed by atoms with Crippen molar-refractivity contribution >= 4 is 5.78 Å². The van der Waals surface area contributed by atoms with Gasteiger partial charge in [0.2, 0.25) is 0 Å². The highest BCUT2D eigenvalue weighted by atomic mass is 16.3. The van der Waals surface area contributed by atoms with E-state index in [0.717, 1.165) is 0 Å². The summed E-state index contributed by atoms with van der Waals surface area (Å²) >= 11 is 0. The van der Waals surface area contributed by atoms with Crippen LogP contribution in [0, 0.1) is 17.3 Å². The van der Waals surface area contributed by atoms with Crippen molar-refractivity contribution in [3.63, 3.8) is 0 Å². The third-order valence-corrected chi connectivity index (χ3v) is 3.31. The van der Waals surface area contributed by atoms with Crippen LogP contribution >= 0.6 is 0 Å². The van der Waals surface area contributed by atoms with E-state index in [0.29, 0.717) is 5.92 Å². The minimum Gasteiger partial charge on any atom is -0.383 e. The van der Waals surface area contributed by atoms with E-state index >= 15 is 0 Å². The molecule has 15 heavy (non-hydrogen) atoms. The average Bonchev–Trinajstić information content (AvgIpc) is 2.48.